The van der Waals surface area contributed by atoms with Crippen LogP contribution in [-0.2, 0) is 4.79 Å². The zero-order chi connectivity index (χ0) is 15.6. The Kier molecular flexibility index (Phi) is 4.16. The van der Waals surface area contributed by atoms with Crippen molar-refractivity contribution in [2.75, 3.05) is 18.0 Å². The van der Waals surface area contributed by atoms with Gasteiger partial charge in [-0.1, -0.05) is 19.4 Å². The molecule has 0 bridgehead atoms. The number of hydrogen-bond acceptors (Lipinski definition) is 4. The summed E-state index contributed by atoms with van der Waals surface area (Å²) in [5.41, 5.74) is 0.714. The Morgan fingerprint density at radius 2 is 2.24 bits per heavy atom. The van der Waals surface area contributed by atoms with E-state index in [9.17, 15) is 20.0 Å². The molecule has 114 valence electrons. The first-order chi connectivity index (χ1) is 9.91. The Bertz CT molecular complexity index is 573. The number of nitro benzene ring substituents is 1. The topological polar surface area (TPSA) is 83.7 Å². The number of carbonyl (C=O) groups is 1. The van der Waals surface area contributed by atoms with Gasteiger partial charge in [-0.15, -0.1) is 0 Å². The van der Waals surface area contributed by atoms with Crippen LogP contribution in [0.5, 0.6) is 0 Å². The van der Waals surface area contributed by atoms with E-state index in [-0.39, 0.29) is 5.69 Å². The third kappa shape index (κ3) is 2.70. The van der Waals surface area contributed by atoms with Gasteiger partial charge in [0.05, 0.1) is 15.9 Å². The van der Waals surface area contributed by atoms with Crippen molar-refractivity contribution >= 4 is 17.3 Å². The summed E-state index contributed by atoms with van der Waals surface area (Å²) in [6.07, 6.45) is 2.03. The molecule has 1 atom stereocenters. The van der Waals surface area contributed by atoms with Crippen LogP contribution >= 0.6 is 0 Å². The molecule has 0 spiro atoms. The molecule has 1 aromatic carbocycles. The number of carboxylic acid groups (broad SMARTS) is 1. The van der Waals surface area contributed by atoms with Gasteiger partial charge in [-0.2, -0.15) is 0 Å². The van der Waals surface area contributed by atoms with Crippen molar-refractivity contribution < 1.29 is 14.8 Å². The van der Waals surface area contributed by atoms with Gasteiger partial charge in [-0.25, -0.2) is 0 Å². The van der Waals surface area contributed by atoms with Crippen LogP contribution in [0.25, 0.3) is 0 Å². The molecular formula is C15H20N2O4. The van der Waals surface area contributed by atoms with Crippen LogP contribution in [0.15, 0.2) is 18.2 Å². The largest absolute Gasteiger partial charge is 0.481 e. The Morgan fingerprint density at radius 1 is 1.52 bits per heavy atom. The highest BCUT2D eigenvalue weighted by molar-refractivity contribution is 5.77. The maximum Gasteiger partial charge on any atom is 0.311 e. The molecule has 1 aromatic rings. The van der Waals surface area contributed by atoms with Gasteiger partial charge in [0.2, 0.25) is 0 Å². The van der Waals surface area contributed by atoms with Gasteiger partial charge in [0.25, 0.3) is 5.69 Å². The highest BCUT2D eigenvalue weighted by Gasteiger charge is 2.44. The molecule has 21 heavy (non-hydrogen) atoms. The molecule has 1 aliphatic heterocycles. The first-order valence-corrected chi connectivity index (χ1v) is 7.13. The summed E-state index contributed by atoms with van der Waals surface area (Å²) in [5, 5.41) is 20.6. The fourth-order valence-electron chi connectivity index (χ4n) is 3.19. The molecule has 6 heteroatoms. The van der Waals surface area contributed by atoms with Crippen molar-refractivity contribution in [3.63, 3.8) is 0 Å². The lowest BCUT2D eigenvalue weighted by Gasteiger charge is -2.26. The van der Waals surface area contributed by atoms with E-state index in [0.717, 1.165) is 12.1 Å². The number of benzene rings is 1. The molecular weight excluding hydrogens is 272 g/mol. The molecule has 1 aliphatic rings. The van der Waals surface area contributed by atoms with Gasteiger partial charge in [0.15, 0.2) is 0 Å². The smallest absolute Gasteiger partial charge is 0.311 e. The fraction of sp³-hybridized carbons (Fsp3) is 0.533. The summed E-state index contributed by atoms with van der Waals surface area (Å²) in [4.78, 5) is 24.2. The first kappa shape index (κ1) is 15.3. The second-order valence-electron chi connectivity index (χ2n) is 5.69. The van der Waals surface area contributed by atoms with Crippen LogP contribution < -0.4 is 4.90 Å². The normalized spacial score (nSPS) is 21.5. The molecule has 1 N–H and O–H groups in total. The zero-order valence-corrected chi connectivity index (χ0v) is 12.3. The van der Waals surface area contributed by atoms with Crippen molar-refractivity contribution in [3.05, 3.63) is 33.9 Å². The highest BCUT2D eigenvalue weighted by Crippen LogP contribution is 2.40. The number of aliphatic carboxylic acids is 1. The SMILES string of the molecule is CCCC1(C(=O)O)CCN(c2cccc([N+](=O)[O-])c2C)C1. The van der Waals surface area contributed by atoms with E-state index in [2.05, 4.69) is 0 Å². The quantitative estimate of drug-likeness (QED) is 0.666. The molecule has 0 aliphatic carbocycles. The molecule has 2 rings (SSSR count). The molecule has 0 radical (unpaired) electrons. The summed E-state index contributed by atoms with van der Waals surface area (Å²) in [7, 11) is 0. The summed E-state index contributed by atoms with van der Waals surface area (Å²) in [5.74, 6) is -0.769. The van der Waals surface area contributed by atoms with Gasteiger partial charge in [-0.3, -0.25) is 14.9 Å². The minimum atomic E-state index is -0.769. The van der Waals surface area contributed by atoms with Crippen LogP contribution in [0.2, 0.25) is 0 Å². The lowest BCUT2D eigenvalue weighted by Crippen LogP contribution is -2.34. The van der Waals surface area contributed by atoms with Crippen LogP contribution in [0, 0.1) is 22.5 Å². The van der Waals surface area contributed by atoms with Crippen LogP contribution in [0.4, 0.5) is 11.4 Å². The second kappa shape index (κ2) is 5.71. The maximum absolute atomic E-state index is 11.6. The van der Waals surface area contributed by atoms with Crippen LogP contribution in [0.3, 0.4) is 0 Å². The average molecular weight is 292 g/mol. The minimum Gasteiger partial charge on any atom is -0.481 e. The van der Waals surface area contributed by atoms with E-state index in [0.29, 0.717) is 31.5 Å². The summed E-state index contributed by atoms with van der Waals surface area (Å²) in [6.45, 7) is 4.73. The highest BCUT2D eigenvalue weighted by atomic mass is 16.6. The van der Waals surface area contributed by atoms with Gasteiger partial charge >= 0.3 is 5.97 Å². The molecule has 1 heterocycles. The number of hydrogen-bond donors (Lipinski definition) is 1. The van der Waals surface area contributed by atoms with Crippen LogP contribution in [0.1, 0.15) is 31.7 Å². The van der Waals surface area contributed by atoms with Gasteiger partial charge in [0, 0.05) is 24.8 Å². The number of rotatable bonds is 5. The Labute approximate surface area is 123 Å². The standard InChI is InChI=1S/C15H20N2O4/c1-3-7-15(14(18)19)8-9-16(10-15)12-5-4-6-13(11(12)2)17(20)21/h4-6H,3,7-10H2,1-2H3,(H,18,19). The van der Waals surface area contributed by atoms with E-state index in [1.807, 2.05) is 17.9 Å². The number of nitro groups is 1. The number of nitrogens with zero attached hydrogens (tertiary/aromatic N) is 2. The van der Waals surface area contributed by atoms with Crippen molar-refractivity contribution in [1.82, 2.24) is 0 Å². The predicted molar refractivity (Wildman–Crippen MR) is 79.6 cm³/mol. The summed E-state index contributed by atoms with van der Waals surface area (Å²) >= 11 is 0. The third-order valence-corrected chi connectivity index (χ3v) is 4.35. The van der Waals surface area contributed by atoms with Gasteiger partial charge in [0.1, 0.15) is 0 Å². The molecule has 1 saturated heterocycles. The van der Waals surface area contributed by atoms with Crippen molar-refractivity contribution in [2.24, 2.45) is 5.41 Å². The Hall–Kier alpha value is -2.11. The number of anilines is 1. The lowest BCUT2D eigenvalue weighted by atomic mass is 9.83. The molecule has 1 unspecified atom stereocenters. The van der Waals surface area contributed by atoms with Gasteiger partial charge in [-0.05, 0) is 25.8 Å². The first-order valence-electron chi connectivity index (χ1n) is 7.13. The predicted octanol–water partition coefficient (Wildman–Crippen LogP) is 2.98. The molecule has 6 nitrogen and oxygen atoms in total. The van der Waals surface area contributed by atoms with Crippen molar-refractivity contribution in [3.8, 4) is 0 Å². The average Bonchev–Trinajstić information content (AvgIpc) is 2.84. The Morgan fingerprint density at radius 3 is 2.81 bits per heavy atom. The summed E-state index contributed by atoms with van der Waals surface area (Å²) < 4.78 is 0. The molecule has 0 amide bonds. The monoisotopic (exact) mass is 292 g/mol. The molecule has 0 aromatic heterocycles. The molecule has 1 fully saturated rings. The fourth-order valence-corrected chi connectivity index (χ4v) is 3.19. The van der Waals surface area contributed by atoms with E-state index in [1.165, 1.54) is 6.07 Å². The second-order valence-corrected chi connectivity index (χ2v) is 5.69. The lowest BCUT2D eigenvalue weighted by molar-refractivity contribution is -0.385. The van der Waals surface area contributed by atoms with Gasteiger partial charge < -0.3 is 10.0 Å². The third-order valence-electron chi connectivity index (χ3n) is 4.35. The van der Waals surface area contributed by atoms with E-state index >= 15 is 0 Å². The summed E-state index contributed by atoms with van der Waals surface area (Å²) in [6, 6.07) is 4.96. The zero-order valence-electron chi connectivity index (χ0n) is 12.3. The van der Waals surface area contributed by atoms with Crippen LogP contribution in [-0.4, -0.2) is 29.1 Å². The number of carboxylic acids is 1. The minimum absolute atomic E-state index is 0.0795. The van der Waals surface area contributed by atoms with E-state index in [4.69, 9.17) is 0 Å². The van der Waals surface area contributed by atoms with Crippen molar-refractivity contribution in [1.29, 1.82) is 0 Å². The van der Waals surface area contributed by atoms with Crippen molar-refractivity contribution in [2.45, 2.75) is 33.1 Å². The van der Waals surface area contributed by atoms with E-state index < -0.39 is 16.3 Å². The Balaban J connectivity index is 2.31. The maximum atomic E-state index is 11.6. The molecule has 0 saturated carbocycles. The van der Waals surface area contributed by atoms with E-state index in [1.54, 1.807) is 13.0 Å².